The van der Waals surface area contributed by atoms with Crippen LogP contribution in [0.5, 0.6) is 0 Å². The lowest BCUT2D eigenvalue weighted by Gasteiger charge is -2.27. The van der Waals surface area contributed by atoms with Crippen LogP contribution in [0.1, 0.15) is 58.9 Å². The van der Waals surface area contributed by atoms with Gasteiger partial charge in [-0.1, -0.05) is 76.8 Å². The molecular weight excluding hydrogens is 524 g/mol. The number of rotatable bonds is 15. The van der Waals surface area contributed by atoms with Gasteiger partial charge in [-0.2, -0.15) is 0 Å². The van der Waals surface area contributed by atoms with Gasteiger partial charge in [-0.15, -0.1) is 0 Å². The number of halogens is 1. The second kappa shape index (κ2) is 17.1. The summed E-state index contributed by atoms with van der Waals surface area (Å²) >= 11 is 3.28. The molecule has 6 nitrogen and oxygen atoms in total. The number of methoxy groups -OCH3 is 1. The number of benzene rings is 1. The number of allylic oxidation sites excluding steroid dienone is 2. The fourth-order valence-corrected chi connectivity index (χ4v) is 3.86. The molecule has 1 rings (SSSR count). The van der Waals surface area contributed by atoms with Gasteiger partial charge in [0.2, 0.25) is 0 Å². The molecule has 0 saturated carbocycles. The van der Waals surface area contributed by atoms with Crippen LogP contribution in [-0.4, -0.2) is 50.6 Å². The number of hydrogen-bond acceptors (Lipinski definition) is 6. The molecule has 1 aromatic rings. The van der Waals surface area contributed by atoms with E-state index in [2.05, 4.69) is 46.5 Å². The van der Waals surface area contributed by atoms with Gasteiger partial charge in [0.15, 0.2) is 5.41 Å². The molecule has 7 heteroatoms. The van der Waals surface area contributed by atoms with Crippen LogP contribution in [-0.2, 0) is 28.5 Å². The van der Waals surface area contributed by atoms with Crippen LogP contribution in [0.25, 0.3) is 6.08 Å². The fourth-order valence-electron chi connectivity index (χ4n) is 3.38. The molecule has 0 saturated heterocycles. The van der Waals surface area contributed by atoms with E-state index in [1.165, 1.54) is 0 Å². The first-order valence-corrected chi connectivity index (χ1v) is 13.0. The summed E-state index contributed by atoms with van der Waals surface area (Å²) in [6, 6.07) is 10.0. The van der Waals surface area contributed by atoms with Crippen molar-refractivity contribution in [3.05, 3.63) is 53.0 Å². The van der Waals surface area contributed by atoms with E-state index in [4.69, 9.17) is 18.9 Å². The Morgan fingerprint density at radius 2 is 1.69 bits per heavy atom. The molecular formula is C29H39BrO6. The van der Waals surface area contributed by atoms with E-state index in [1.807, 2.05) is 44.2 Å². The first-order valence-electron chi connectivity index (χ1n) is 12.3. The topological polar surface area (TPSA) is 71.1 Å². The first kappa shape index (κ1) is 31.6. The lowest BCUT2D eigenvalue weighted by atomic mass is 9.81. The minimum atomic E-state index is -1.61. The fraction of sp³-hybridized carbons (Fsp3) is 0.517. The van der Waals surface area contributed by atoms with Gasteiger partial charge in [-0.05, 0) is 50.6 Å². The molecule has 0 aromatic heterocycles. The lowest BCUT2D eigenvalue weighted by Crippen LogP contribution is -2.42. The average molecular weight is 564 g/mol. The number of hydrogen-bond donors (Lipinski definition) is 0. The molecule has 3 atom stereocenters. The van der Waals surface area contributed by atoms with E-state index in [0.717, 1.165) is 12.0 Å². The largest absolute Gasteiger partial charge is 0.465 e. The Kier molecular flexibility index (Phi) is 15.0. The van der Waals surface area contributed by atoms with Gasteiger partial charge in [0.25, 0.3) is 0 Å². The number of carbonyl (C=O) groups is 2. The summed E-state index contributed by atoms with van der Waals surface area (Å²) in [6.07, 6.45) is 4.69. The monoisotopic (exact) mass is 562 g/mol. The summed E-state index contributed by atoms with van der Waals surface area (Å²) in [4.78, 5) is 25.9. The lowest BCUT2D eigenvalue weighted by molar-refractivity contribution is -0.171. The van der Waals surface area contributed by atoms with Crippen LogP contribution in [0.15, 0.2) is 47.5 Å². The van der Waals surface area contributed by atoms with Gasteiger partial charge in [0.1, 0.15) is 6.10 Å². The van der Waals surface area contributed by atoms with Crippen molar-refractivity contribution in [3.8, 4) is 11.8 Å². The maximum atomic E-state index is 12.9. The number of esters is 2. The highest BCUT2D eigenvalue weighted by atomic mass is 79.9. The molecule has 0 unspecified atom stereocenters. The quantitative estimate of drug-likeness (QED) is 0.146. The summed E-state index contributed by atoms with van der Waals surface area (Å²) in [5.74, 6) is 4.80. The van der Waals surface area contributed by atoms with Crippen molar-refractivity contribution in [2.75, 3.05) is 20.3 Å². The van der Waals surface area contributed by atoms with Crippen molar-refractivity contribution in [1.82, 2.24) is 0 Å². The second-order valence-electron chi connectivity index (χ2n) is 8.38. The molecule has 0 fully saturated rings. The van der Waals surface area contributed by atoms with Gasteiger partial charge < -0.3 is 18.9 Å². The van der Waals surface area contributed by atoms with Crippen molar-refractivity contribution >= 4 is 33.9 Å². The third kappa shape index (κ3) is 10.7. The zero-order valence-corrected chi connectivity index (χ0v) is 23.6. The van der Waals surface area contributed by atoms with Gasteiger partial charge in [0.05, 0.1) is 25.4 Å². The zero-order valence-electron chi connectivity index (χ0n) is 22.1. The smallest absolute Gasteiger partial charge is 0.324 e. The van der Waals surface area contributed by atoms with Crippen LogP contribution in [0.2, 0.25) is 0 Å². The molecule has 36 heavy (non-hydrogen) atoms. The van der Waals surface area contributed by atoms with Crippen molar-refractivity contribution in [2.24, 2.45) is 5.41 Å². The minimum Gasteiger partial charge on any atom is -0.465 e. The Labute approximate surface area is 224 Å². The third-order valence-electron chi connectivity index (χ3n) is 5.60. The molecule has 1 aromatic carbocycles. The van der Waals surface area contributed by atoms with E-state index >= 15 is 0 Å². The molecule has 0 aliphatic rings. The summed E-state index contributed by atoms with van der Waals surface area (Å²) in [5.41, 5.74) is -0.492. The Bertz CT molecular complexity index is 897. The standard InChI is InChI=1S/C29H39BrO6/c1-7-34-27(31)29(21-22(3)30,28(32)35-8-2)20-14-19-26(36-24(5)23(4)33-6)18-13-12-17-25-15-10-9-11-16-25/h9-12,15-17,23-24,26H,3,7-8,13,18,20-21H2,1-2,4-6H3/b17-12+/t23-,24-,26-/m1/s1. The van der Waals surface area contributed by atoms with Gasteiger partial charge in [0, 0.05) is 20.0 Å². The molecule has 0 N–H and O–H groups in total. The van der Waals surface area contributed by atoms with E-state index in [9.17, 15) is 9.59 Å². The number of carbonyl (C=O) groups excluding carboxylic acids is 2. The van der Waals surface area contributed by atoms with Crippen LogP contribution in [0.4, 0.5) is 0 Å². The zero-order chi connectivity index (χ0) is 27.0. The van der Waals surface area contributed by atoms with Crippen molar-refractivity contribution in [3.63, 3.8) is 0 Å². The number of ether oxygens (including phenoxy) is 4. The maximum Gasteiger partial charge on any atom is 0.324 e. The highest BCUT2D eigenvalue weighted by Gasteiger charge is 2.48. The van der Waals surface area contributed by atoms with Crippen LogP contribution < -0.4 is 0 Å². The molecule has 0 heterocycles. The van der Waals surface area contributed by atoms with E-state index in [-0.39, 0.29) is 38.3 Å². The van der Waals surface area contributed by atoms with Crippen molar-refractivity contribution < 1.29 is 28.5 Å². The Morgan fingerprint density at radius 1 is 1.08 bits per heavy atom. The average Bonchev–Trinajstić information content (AvgIpc) is 2.85. The van der Waals surface area contributed by atoms with Crippen LogP contribution in [0, 0.1) is 17.3 Å². The van der Waals surface area contributed by atoms with Crippen molar-refractivity contribution in [1.29, 1.82) is 0 Å². The van der Waals surface area contributed by atoms with Crippen molar-refractivity contribution in [2.45, 2.75) is 71.7 Å². The summed E-state index contributed by atoms with van der Waals surface area (Å²) < 4.78 is 22.5. The molecule has 0 radical (unpaired) electrons. The summed E-state index contributed by atoms with van der Waals surface area (Å²) in [6.45, 7) is 11.3. The van der Waals surface area contributed by atoms with Crippen LogP contribution in [0.3, 0.4) is 0 Å². The Morgan fingerprint density at radius 3 is 2.22 bits per heavy atom. The second-order valence-corrected chi connectivity index (χ2v) is 9.50. The molecule has 0 aliphatic heterocycles. The van der Waals surface area contributed by atoms with Gasteiger partial charge in [-0.3, -0.25) is 9.59 Å². The normalized spacial score (nSPS) is 13.8. The SMILES string of the molecule is C=C(Br)CC(CC#C[C@@H](CC/C=C/c1ccccc1)O[C@H](C)[C@@H](C)OC)(C(=O)OCC)C(=O)OCC. The molecule has 198 valence electrons. The van der Waals surface area contributed by atoms with E-state index in [0.29, 0.717) is 10.9 Å². The predicted octanol–water partition coefficient (Wildman–Crippen LogP) is 6.09. The summed E-state index contributed by atoms with van der Waals surface area (Å²) in [5, 5.41) is 0. The van der Waals surface area contributed by atoms with E-state index in [1.54, 1.807) is 21.0 Å². The highest BCUT2D eigenvalue weighted by molar-refractivity contribution is 9.11. The highest BCUT2D eigenvalue weighted by Crippen LogP contribution is 2.35. The Balaban J connectivity index is 3.15. The Hall–Kier alpha value is -2.40. The van der Waals surface area contributed by atoms with Gasteiger partial charge >= 0.3 is 11.9 Å². The predicted molar refractivity (Wildman–Crippen MR) is 146 cm³/mol. The van der Waals surface area contributed by atoms with Crippen LogP contribution >= 0.6 is 15.9 Å². The van der Waals surface area contributed by atoms with E-state index < -0.39 is 23.5 Å². The summed E-state index contributed by atoms with van der Waals surface area (Å²) in [7, 11) is 1.63. The maximum absolute atomic E-state index is 12.9. The molecule has 0 aliphatic carbocycles. The van der Waals surface area contributed by atoms with Gasteiger partial charge in [-0.25, -0.2) is 0 Å². The molecule has 0 spiro atoms. The minimum absolute atomic E-state index is 0.0157. The molecule has 0 bridgehead atoms. The molecule has 0 amide bonds. The third-order valence-corrected chi connectivity index (χ3v) is 5.88. The first-order chi connectivity index (χ1) is 17.2.